The Morgan fingerprint density at radius 1 is 0.909 bits per heavy atom. The average Bonchev–Trinajstić information content (AvgIpc) is 3.44. The Morgan fingerprint density at radius 3 is 2.33 bits per heavy atom. The molecule has 5 heteroatoms. The van der Waals surface area contributed by atoms with E-state index in [1.807, 2.05) is 54.6 Å². The number of rotatable bonds is 5. The molecule has 2 heterocycles. The van der Waals surface area contributed by atoms with E-state index >= 15 is 0 Å². The summed E-state index contributed by atoms with van der Waals surface area (Å²) in [6.45, 7) is 4.43. The van der Waals surface area contributed by atoms with E-state index in [-0.39, 0.29) is 30.4 Å². The van der Waals surface area contributed by atoms with Crippen LogP contribution >= 0.6 is 0 Å². The lowest BCUT2D eigenvalue weighted by Gasteiger charge is -2.26. The number of cyclic esters (lactones) is 1. The summed E-state index contributed by atoms with van der Waals surface area (Å²) in [6, 6.07) is 28.0. The van der Waals surface area contributed by atoms with Crippen molar-refractivity contribution in [3.63, 3.8) is 0 Å². The largest absolute Gasteiger partial charge is 0.446 e. The van der Waals surface area contributed by atoms with Crippen LogP contribution in [0.4, 0.5) is 4.79 Å². The van der Waals surface area contributed by atoms with E-state index in [9.17, 15) is 9.59 Å². The van der Waals surface area contributed by atoms with Gasteiger partial charge in [0.15, 0.2) is 0 Å². The van der Waals surface area contributed by atoms with Crippen molar-refractivity contribution < 1.29 is 14.3 Å². The fourth-order valence-corrected chi connectivity index (χ4v) is 5.11. The molecule has 2 amide bonds. The van der Waals surface area contributed by atoms with Gasteiger partial charge in [0.1, 0.15) is 12.6 Å². The summed E-state index contributed by atoms with van der Waals surface area (Å²) in [5, 5.41) is 0. The summed E-state index contributed by atoms with van der Waals surface area (Å²) in [6.07, 6.45) is -0.543. The lowest BCUT2D eigenvalue weighted by Crippen LogP contribution is -2.41. The Bertz CT molecular complexity index is 1130. The van der Waals surface area contributed by atoms with Gasteiger partial charge < -0.3 is 4.74 Å². The van der Waals surface area contributed by atoms with Crippen molar-refractivity contribution in [3.05, 3.63) is 107 Å². The van der Waals surface area contributed by atoms with Crippen LogP contribution in [0.5, 0.6) is 0 Å². The van der Waals surface area contributed by atoms with Crippen LogP contribution in [0.1, 0.15) is 34.2 Å². The van der Waals surface area contributed by atoms with Gasteiger partial charge in [0, 0.05) is 25.6 Å². The number of amides is 2. The standard InChI is InChI=1S/C28H28N2O3/c1-20-9-8-14-23(15-20)24-17-29(16-21-10-4-2-5-11-21)18-25(24)27(31)30-26(19-33-28(30)32)22-12-6-3-7-13-22/h2-15,24-26H,16-19H2,1H3/t24-,25-,26-/m1/s1. The van der Waals surface area contributed by atoms with Crippen molar-refractivity contribution in [1.82, 2.24) is 9.80 Å². The van der Waals surface area contributed by atoms with Gasteiger partial charge in [-0.3, -0.25) is 9.69 Å². The third-order valence-corrected chi connectivity index (χ3v) is 6.73. The molecule has 2 fully saturated rings. The maximum Gasteiger partial charge on any atom is 0.417 e. The number of carbonyl (C=O) groups excluding carboxylic acids is 2. The summed E-state index contributed by atoms with van der Waals surface area (Å²) < 4.78 is 5.35. The van der Waals surface area contributed by atoms with Crippen LogP contribution in [0.25, 0.3) is 0 Å². The first-order chi connectivity index (χ1) is 16.1. The summed E-state index contributed by atoms with van der Waals surface area (Å²) in [7, 11) is 0. The number of hydrogen-bond acceptors (Lipinski definition) is 4. The first-order valence-corrected chi connectivity index (χ1v) is 11.5. The Balaban J connectivity index is 1.45. The average molecular weight is 441 g/mol. The Hall–Kier alpha value is -3.44. The van der Waals surface area contributed by atoms with Crippen molar-refractivity contribution in [3.8, 4) is 0 Å². The molecule has 0 saturated carbocycles. The predicted octanol–water partition coefficient (Wildman–Crippen LogP) is 4.93. The van der Waals surface area contributed by atoms with Crippen LogP contribution in [-0.2, 0) is 16.1 Å². The fraction of sp³-hybridized carbons (Fsp3) is 0.286. The minimum Gasteiger partial charge on any atom is -0.446 e. The first-order valence-electron chi connectivity index (χ1n) is 11.5. The zero-order valence-corrected chi connectivity index (χ0v) is 18.8. The van der Waals surface area contributed by atoms with E-state index in [1.165, 1.54) is 16.0 Å². The fourth-order valence-electron chi connectivity index (χ4n) is 5.11. The molecule has 33 heavy (non-hydrogen) atoms. The van der Waals surface area contributed by atoms with E-state index in [4.69, 9.17) is 4.74 Å². The molecule has 168 valence electrons. The number of benzene rings is 3. The van der Waals surface area contributed by atoms with Gasteiger partial charge >= 0.3 is 6.09 Å². The predicted molar refractivity (Wildman–Crippen MR) is 127 cm³/mol. The van der Waals surface area contributed by atoms with E-state index in [0.717, 1.165) is 24.2 Å². The van der Waals surface area contributed by atoms with Gasteiger partial charge in [0.25, 0.3) is 0 Å². The molecule has 0 N–H and O–H groups in total. The molecule has 0 unspecified atom stereocenters. The highest BCUT2D eigenvalue weighted by atomic mass is 16.6. The second kappa shape index (κ2) is 9.20. The van der Waals surface area contributed by atoms with Crippen molar-refractivity contribution in [2.45, 2.75) is 25.4 Å². The summed E-state index contributed by atoms with van der Waals surface area (Å²) in [5.74, 6) is -0.438. The maximum atomic E-state index is 13.9. The number of nitrogens with zero attached hydrogens (tertiary/aromatic N) is 2. The summed E-state index contributed by atoms with van der Waals surface area (Å²) in [5.41, 5.74) is 4.45. The van der Waals surface area contributed by atoms with Gasteiger partial charge in [-0.15, -0.1) is 0 Å². The molecule has 0 radical (unpaired) electrons. The molecule has 0 aliphatic carbocycles. The van der Waals surface area contributed by atoms with Crippen molar-refractivity contribution >= 4 is 12.0 Å². The summed E-state index contributed by atoms with van der Waals surface area (Å²) in [4.78, 5) is 30.3. The Labute approximate surface area is 194 Å². The topological polar surface area (TPSA) is 49.9 Å². The van der Waals surface area contributed by atoms with E-state index in [1.54, 1.807) is 0 Å². The van der Waals surface area contributed by atoms with Gasteiger partial charge in [-0.2, -0.15) is 0 Å². The van der Waals surface area contributed by atoms with E-state index < -0.39 is 6.09 Å². The van der Waals surface area contributed by atoms with E-state index in [0.29, 0.717) is 6.54 Å². The normalized spacial score (nSPS) is 23.0. The number of carbonyl (C=O) groups is 2. The third-order valence-electron chi connectivity index (χ3n) is 6.73. The quantitative estimate of drug-likeness (QED) is 0.564. The molecule has 5 rings (SSSR count). The highest BCUT2D eigenvalue weighted by Crippen LogP contribution is 2.38. The third kappa shape index (κ3) is 4.41. The van der Waals surface area contributed by atoms with Gasteiger partial charge in [-0.1, -0.05) is 90.5 Å². The van der Waals surface area contributed by atoms with Gasteiger partial charge in [-0.05, 0) is 23.6 Å². The number of imide groups is 1. The monoisotopic (exact) mass is 440 g/mol. The van der Waals surface area contributed by atoms with Crippen molar-refractivity contribution in [2.24, 2.45) is 5.92 Å². The van der Waals surface area contributed by atoms with Gasteiger partial charge in [0.2, 0.25) is 5.91 Å². The van der Waals surface area contributed by atoms with E-state index in [2.05, 4.69) is 42.2 Å². The number of likely N-dealkylation sites (tertiary alicyclic amines) is 1. The number of aryl methyl sites for hydroxylation is 1. The van der Waals surface area contributed by atoms with Gasteiger partial charge in [0.05, 0.1) is 5.92 Å². The molecule has 3 aromatic carbocycles. The lowest BCUT2D eigenvalue weighted by molar-refractivity contribution is -0.133. The molecule has 5 nitrogen and oxygen atoms in total. The van der Waals surface area contributed by atoms with Crippen LogP contribution in [-0.4, -0.2) is 41.5 Å². The van der Waals surface area contributed by atoms with Crippen molar-refractivity contribution in [2.75, 3.05) is 19.7 Å². The smallest absolute Gasteiger partial charge is 0.417 e. The summed E-state index contributed by atoms with van der Waals surface area (Å²) >= 11 is 0. The van der Waals surface area contributed by atoms with Crippen LogP contribution in [0, 0.1) is 12.8 Å². The molecule has 0 aromatic heterocycles. The Morgan fingerprint density at radius 2 is 1.61 bits per heavy atom. The van der Waals surface area contributed by atoms with Crippen molar-refractivity contribution in [1.29, 1.82) is 0 Å². The van der Waals surface area contributed by atoms with Gasteiger partial charge in [-0.25, -0.2) is 9.69 Å². The number of hydrogen-bond donors (Lipinski definition) is 0. The molecule has 0 spiro atoms. The van der Waals surface area contributed by atoms with Crippen LogP contribution < -0.4 is 0 Å². The molecule has 3 atom stereocenters. The van der Waals surface area contributed by atoms with Crippen LogP contribution in [0.2, 0.25) is 0 Å². The molecule has 3 aromatic rings. The van der Waals surface area contributed by atoms with Crippen LogP contribution in [0.15, 0.2) is 84.9 Å². The second-order valence-electron chi connectivity index (χ2n) is 9.02. The van der Waals surface area contributed by atoms with Crippen LogP contribution in [0.3, 0.4) is 0 Å². The SMILES string of the molecule is Cc1cccc([C@H]2CN(Cc3ccccc3)C[C@H]2C(=O)N2C(=O)OC[C@@H]2c2ccccc2)c1. The minimum atomic E-state index is -0.543. The maximum absolute atomic E-state index is 13.9. The molecular formula is C28H28N2O3. The molecule has 2 saturated heterocycles. The first kappa shape index (κ1) is 21.4. The molecular weight excluding hydrogens is 412 g/mol. The zero-order valence-electron chi connectivity index (χ0n) is 18.8. The minimum absolute atomic E-state index is 0.0194. The number of ether oxygens (including phenoxy) is 1. The zero-order chi connectivity index (χ0) is 22.8. The Kier molecular flexibility index (Phi) is 5.97. The molecule has 0 bridgehead atoms. The lowest BCUT2D eigenvalue weighted by atomic mass is 9.87. The molecule has 2 aliphatic rings. The second-order valence-corrected chi connectivity index (χ2v) is 9.02. The molecule has 2 aliphatic heterocycles. The highest BCUT2D eigenvalue weighted by Gasteiger charge is 2.47. The highest BCUT2D eigenvalue weighted by molar-refractivity contribution is 5.95.